The second-order valence-electron chi connectivity index (χ2n) is 3.65. The Labute approximate surface area is 137 Å². The summed E-state index contributed by atoms with van der Waals surface area (Å²) in [5, 5.41) is 0. The summed E-state index contributed by atoms with van der Waals surface area (Å²) in [4.78, 5) is 0. The normalized spacial score (nSPS) is 10.9. The van der Waals surface area contributed by atoms with E-state index >= 15 is 0 Å². The van der Waals surface area contributed by atoms with Crippen LogP contribution in [0.2, 0.25) is 0 Å². The van der Waals surface area contributed by atoms with Crippen molar-refractivity contribution in [3.05, 3.63) is 60.7 Å². The second kappa shape index (κ2) is 8.35. The van der Waals surface area contributed by atoms with Crippen LogP contribution in [0, 0.1) is 0 Å². The molecule has 0 aromatic heterocycles. The molecule has 2 rings (SSSR count). The van der Waals surface area contributed by atoms with Gasteiger partial charge < -0.3 is 0 Å². The average molecular weight is 432 g/mol. The zero-order valence-electron chi connectivity index (χ0n) is 10.5. The van der Waals surface area contributed by atoms with E-state index in [9.17, 15) is 13.2 Å². The number of halogens is 4. The zero-order valence-corrected chi connectivity index (χ0v) is 13.6. The number of benzene rings is 2. The highest BCUT2D eigenvalue weighted by Gasteiger charge is 2.44. The van der Waals surface area contributed by atoms with Crippen molar-refractivity contribution >= 4 is 34.1 Å². The van der Waals surface area contributed by atoms with Gasteiger partial charge in [0.25, 0.3) is 0 Å². The molecule has 0 heterocycles. The topological polar surface area (TPSA) is 54.4 Å². The monoisotopic (exact) mass is 432 g/mol. The molecule has 2 aromatic rings. The van der Waals surface area contributed by atoms with Gasteiger partial charge in [0, 0.05) is 0 Å². The van der Waals surface area contributed by atoms with Gasteiger partial charge in [0.1, 0.15) is 0 Å². The van der Waals surface area contributed by atoms with Crippen molar-refractivity contribution in [1.82, 2.24) is 0 Å². The summed E-state index contributed by atoms with van der Waals surface area (Å²) in [5.74, 6) is 0. The molecule has 3 nitrogen and oxygen atoms in total. The molecule has 0 saturated carbocycles. The van der Waals surface area contributed by atoms with Crippen LogP contribution in [0.5, 0.6) is 0 Å². The lowest BCUT2D eigenvalue weighted by molar-refractivity contribution is -0.0510. The van der Waals surface area contributed by atoms with Crippen LogP contribution in [0.15, 0.2) is 60.7 Å². The minimum Gasteiger partial charge on any atom is -0.279 e. The van der Waals surface area contributed by atoms with Crippen LogP contribution in [0.25, 0.3) is 11.1 Å². The zero-order chi connectivity index (χ0) is 15.2. The van der Waals surface area contributed by atoms with Gasteiger partial charge in [-0.1, -0.05) is 60.7 Å². The lowest BCUT2D eigenvalue weighted by Gasteiger charge is -1.98. The van der Waals surface area contributed by atoms with E-state index in [1.807, 2.05) is 12.1 Å². The molecule has 0 aliphatic heterocycles. The van der Waals surface area contributed by atoms with Gasteiger partial charge in [-0.3, -0.25) is 4.55 Å². The fourth-order valence-corrected chi connectivity index (χ4v) is 1.26. The molecule has 8 heteroatoms. The molecule has 0 bridgehead atoms. The van der Waals surface area contributed by atoms with Gasteiger partial charge in [0.2, 0.25) is 0 Å². The quantitative estimate of drug-likeness (QED) is 0.414. The highest BCUT2D eigenvalue weighted by Crippen LogP contribution is 2.20. The third kappa shape index (κ3) is 6.91. The first kappa shape index (κ1) is 19.9. The van der Waals surface area contributed by atoms with Crippen LogP contribution >= 0.6 is 24.0 Å². The van der Waals surface area contributed by atoms with E-state index in [1.54, 1.807) is 0 Å². The Hall–Kier alpha value is -1.13. The Balaban J connectivity index is 0.000000397. The van der Waals surface area contributed by atoms with E-state index in [4.69, 9.17) is 13.0 Å². The molecule has 0 amide bonds. The number of hydrogen-bond donors (Lipinski definition) is 1. The van der Waals surface area contributed by atoms with Crippen molar-refractivity contribution in [3.8, 4) is 11.1 Å². The molecule has 0 atom stereocenters. The molecule has 21 heavy (non-hydrogen) atoms. The van der Waals surface area contributed by atoms with E-state index in [0.717, 1.165) is 0 Å². The molecule has 0 aliphatic carbocycles. The van der Waals surface area contributed by atoms with E-state index < -0.39 is 15.6 Å². The fourth-order valence-electron chi connectivity index (χ4n) is 1.26. The minimum absolute atomic E-state index is 0. The predicted molar refractivity (Wildman–Crippen MR) is 84.9 cm³/mol. The van der Waals surface area contributed by atoms with Gasteiger partial charge in [-0.25, -0.2) is 0 Å². The van der Waals surface area contributed by atoms with Crippen LogP contribution in [0.3, 0.4) is 0 Å². The molecule has 0 radical (unpaired) electrons. The lowest BCUT2D eigenvalue weighted by atomic mass is 10.1. The van der Waals surface area contributed by atoms with Crippen LogP contribution in [-0.2, 0) is 10.1 Å². The number of hydrogen-bond acceptors (Lipinski definition) is 2. The van der Waals surface area contributed by atoms with Crippen molar-refractivity contribution in [1.29, 1.82) is 0 Å². The Morgan fingerprint density at radius 3 is 1.19 bits per heavy atom. The van der Waals surface area contributed by atoms with Crippen LogP contribution < -0.4 is 0 Å². The van der Waals surface area contributed by atoms with Gasteiger partial charge in [0.05, 0.1) is 0 Å². The van der Waals surface area contributed by atoms with Gasteiger partial charge in [0.15, 0.2) is 0 Å². The predicted octanol–water partition coefficient (Wildman–Crippen LogP) is 4.37. The Bertz CT molecular complexity index is 591. The van der Waals surface area contributed by atoms with E-state index in [0.29, 0.717) is 0 Å². The summed E-state index contributed by atoms with van der Waals surface area (Å²) < 4.78 is 57.5. The maximum atomic E-state index is 10.7. The Morgan fingerprint density at radius 2 is 1.00 bits per heavy atom. The Kier molecular flexibility index (Phi) is 7.90. The molecule has 0 spiro atoms. The smallest absolute Gasteiger partial charge is 0.279 e. The molecule has 0 aliphatic rings. The molecule has 116 valence electrons. The van der Waals surface area contributed by atoms with Gasteiger partial charge >= 0.3 is 15.6 Å². The maximum Gasteiger partial charge on any atom is 0.522 e. The molecule has 0 fully saturated rings. The van der Waals surface area contributed by atoms with Crippen molar-refractivity contribution in [3.63, 3.8) is 0 Å². The Morgan fingerprint density at radius 1 is 0.762 bits per heavy atom. The summed E-state index contributed by atoms with van der Waals surface area (Å²) in [7, 11) is -5.84. The van der Waals surface area contributed by atoms with Crippen molar-refractivity contribution < 1.29 is 26.1 Å². The summed E-state index contributed by atoms with van der Waals surface area (Å²) in [6, 6.07) is 20.8. The molecular weight excluding hydrogens is 420 g/mol. The third-order valence-corrected chi connectivity index (χ3v) is 2.76. The first-order chi connectivity index (χ1) is 9.22. The van der Waals surface area contributed by atoms with Crippen molar-refractivity contribution in [2.45, 2.75) is 5.51 Å². The molecule has 0 saturated heterocycles. The number of alkyl halides is 3. The van der Waals surface area contributed by atoms with E-state index in [-0.39, 0.29) is 24.0 Å². The average Bonchev–Trinajstić information content (AvgIpc) is 2.39. The molecule has 2 aromatic carbocycles. The summed E-state index contributed by atoms with van der Waals surface area (Å²) in [5.41, 5.74) is -2.98. The molecule has 1 N–H and O–H groups in total. The minimum atomic E-state index is -5.84. The van der Waals surface area contributed by atoms with Crippen LogP contribution in [0.1, 0.15) is 0 Å². The van der Waals surface area contributed by atoms with E-state index in [1.165, 1.54) is 11.1 Å². The fraction of sp³-hybridized carbons (Fsp3) is 0.0769. The number of rotatable bonds is 1. The standard InChI is InChI=1S/C12H10.CHF3O3S.HI/c1-3-7-11(8-4-1)12-9-5-2-6-10-12;2-1(3,4)8(5,6)7;/h1-10H;(H,5,6,7);1H. The molecule has 0 unspecified atom stereocenters. The lowest BCUT2D eigenvalue weighted by Crippen LogP contribution is -2.21. The van der Waals surface area contributed by atoms with Gasteiger partial charge in [-0.2, -0.15) is 21.6 Å². The SMILES string of the molecule is I.O=S(=O)(O)C(F)(F)F.c1ccc(-c2ccccc2)cc1. The summed E-state index contributed by atoms with van der Waals surface area (Å²) in [6.07, 6.45) is 0. The summed E-state index contributed by atoms with van der Waals surface area (Å²) in [6.45, 7) is 0. The summed E-state index contributed by atoms with van der Waals surface area (Å²) >= 11 is 0. The highest BCUT2D eigenvalue weighted by atomic mass is 127. The van der Waals surface area contributed by atoms with Crippen LogP contribution in [0.4, 0.5) is 13.2 Å². The van der Waals surface area contributed by atoms with Crippen molar-refractivity contribution in [2.75, 3.05) is 0 Å². The van der Waals surface area contributed by atoms with Gasteiger partial charge in [-0.05, 0) is 11.1 Å². The van der Waals surface area contributed by atoms with Crippen molar-refractivity contribution in [2.24, 2.45) is 0 Å². The third-order valence-electron chi connectivity index (χ3n) is 2.17. The van der Waals surface area contributed by atoms with Gasteiger partial charge in [-0.15, -0.1) is 24.0 Å². The largest absolute Gasteiger partial charge is 0.522 e. The second-order valence-corrected chi connectivity index (χ2v) is 5.07. The van der Waals surface area contributed by atoms with Crippen LogP contribution in [-0.4, -0.2) is 18.5 Å². The van der Waals surface area contributed by atoms with E-state index in [2.05, 4.69) is 48.5 Å². The first-order valence-corrected chi connectivity index (χ1v) is 6.80. The first-order valence-electron chi connectivity index (χ1n) is 5.36. The maximum absolute atomic E-state index is 10.7. The molecular formula is C13H12F3IO3S. The highest BCUT2D eigenvalue weighted by molar-refractivity contribution is 14.0.